The summed E-state index contributed by atoms with van der Waals surface area (Å²) < 4.78 is 0. The molecule has 0 radical (unpaired) electrons. The van der Waals surface area contributed by atoms with Gasteiger partial charge >= 0.3 is 0 Å². The quantitative estimate of drug-likeness (QED) is 0.884. The van der Waals surface area contributed by atoms with Gasteiger partial charge in [0.25, 0.3) is 5.91 Å². The van der Waals surface area contributed by atoms with Gasteiger partial charge in [-0.2, -0.15) is 0 Å². The summed E-state index contributed by atoms with van der Waals surface area (Å²) >= 11 is 0. The second-order valence-electron chi connectivity index (χ2n) is 5.69. The number of likely N-dealkylation sites (tertiary alicyclic amines) is 1. The minimum Gasteiger partial charge on any atom is -0.390 e. The number of amides is 1. The molecule has 0 atom stereocenters. The molecule has 0 aromatic carbocycles. The Hall–Kier alpha value is -1.62. The first kappa shape index (κ1) is 14.8. The number of aromatic nitrogens is 1. The second-order valence-corrected chi connectivity index (χ2v) is 5.69. The van der Waals surface area contributed by atoms with E-state index in [1.165, 1.54) is 0 Å². The van der Waals surface area contributed by atoms with Crippen LogP contribution in [0.4, 0.5) is 5.69 Å². The first-order valence-electron chi connectivity index (χ1n) is 7.15. The molecule has 1 amide bonds. The molecule has 110 valence electrons. The van der Waals surface area contributed by atoms with Gasteiger partial charge in [-0.15, -0.1) is 0 Å². The van der Waals surface area contributed by atoms with E-state index in [0.717, 1.165) is 17.9 Å². The van der Waals surface area contributed by atoms with Crippen LogP contribution < -0.4 is 5.32 Å². The van der Waals surface area contributed by atoms with Gasteiger partial charge in [-0.05, 0) is 39.7 Å². The van der Waals surface area contributed by atoms with E-state index in [9.17, 15) is 9.90 Å². The topological polar surface area (TPSA) is 65.5 Å². The van der Waals surface area contributed by atoms with Gasteiger partial charge in [-0.25, -0.2) is 0 Å². The molecule has 0 spiro atoms. The number of hydrogen-bond acceptors (Lipinski definition) is 4. The van der Waals surface area contributed by atoms with Gasteiger partial charge in [0.2, 0.25) is 0 Å². The average Bonchev–Trinajstić information content (AvgIpc) is 2.38. The van der Waals surface area contributed by atoms with Crippen LogP contribution in [0, 0.1) is 6.92 Å². The lowest BCUT2D eigenvalue weighted by Gasteiger charge is -2.36. The number of carbonyl (C=O) groups is 1. The van der Waals surface area contributed by atoms with E-state index in [1.807, 2.05) is 26.8 Å². The maximum atomic E-state index is 12.6. The van der Waals surface area contributed by atoms with Crippen molar-refractivity contribution in [3.63, 3.8) is 0 Å². The summed E-state index contributed by atoms with van der Waals surface area (Å²) in [5.41, 5.74) is 1.69. The molecule has 1 saturated heterocycles. The molecule has 2 rings (SSSR count). The number of aliphatic hydroxyl groups is 1. The number of rotatable bonds is 3. The molecule has 2 heterocycles. The first-order valence-corrected chi connectivity index (χ1v) is 7.15. The third kappa shape index (κ3) is 3.28. The summed E-state index contributed by atoms with van der Waals surface area (Å²) in [5.74, 6) is -0.0102. The van der Waals surface area contributed by atoms with Crippen molar-refractivity contribution in [2.45, 2.75) is 39.2 Å². The minimum absolute atomic E-state index is 0.0102. The van der Waals surface area contributed by atoms with Crippen LogP contribution in [0.25, 0.3) is 0 Å². The predicted octanol–water partition coefficient (Wildman–Crippen LogP) is 1.81. The SMILES string of the molecule is CCNc1cc(C)ncc1C(=O)N1CCC(C)(O)CC1. The van der Waals surface area contributed by atoms with Crippen LogP contribution in [-0.2, 0) is 0 Å². The Morgan fingerprint density at radius 2 is 2.15 bits per heavy atom. The molecule has 2 N–H and O–H groups in total. The van der Waals surface area contributed by atoms with Crippen molar-refractivity contribution in [1.29, 1.82) is 0 Å². The lowest BCUT2D eigenvalue weighted by atomic mass is 9.93. The highest BCUT2D eigenvalue weighted by molar-refractivity contribution is 5.99. The van der Waals surface area contributed by atoms with Gasteiger partial charge in [0.15, 0.2) is 0 Å². The zero-order valence-electron chi connectivity index (χ0n) is 12.4. The van der Waals surface area contributed by atoms with Gasteiger partial charge in [0.05, 0.1) is 16.9 Å². The number of hydrogen-bond donors (Lipinski definition) is 2. The van der Waals surface area contributed by atoms with Crippen LogP contribution in [-0.4, -0.2) is 46.1 Å². The Bertz CT molecular complexity index is 490. The summed E-state index contributed by atoms with van der Waals surface area (Å²) in [4.78, 5) is 18.6. The fraction of sp³-hybridized carbons (Fsp3) is 0.600. The van der Waals surface area contributed by atoms with E-state index >= 15 is 0 Å². The predicted molar refractivity (Wildman–Crippen MR) is 78.9 cm³/mol. The van der Waals surface area contributed by atoms with Crippen LogP contribution in [0.3, 0.4) is 0 Å². The Morgan fingerprint density at radius 3 is 2.75 bits per heavy atom. The van der Waals surface area contributed by atoms with Crippen LogP contribution in [0.1, 0.15) is 42.7 Å². The second kappa shape index (κ2) is 5.79. The average molecular weight is 277 g/mol. The molecule has 1 aliphatic heterocycles. The number of anilines is 1. The Kier molecular flexibility index (Phi) is 4.28. The van der Waals surface area contributed by atoms with E-state index in [1.54, 1.807) is 11.1 Å². The van der Waals surface area contributed by atoms with E-state index in [0.29, 0.717) is 31.5 Å². The number of nitrogens with zero attached hydrogens (tertiary/aromatic N) is 2. The number of aryl methyl sites for hydroxylation is 1. The number of piperidine rings is 1. The van der Waals surface area contributed by atoms with Gasteiger partial charge < -0.3 is 15.3 Å². The molecular formula is C15H23N3O2. The molecule has 5 nitrogen and oxygen atoms in total. The zero-order valence-corrected chi connectivity index (χ0v) is 12.4. The third-order valence-corrected chi connectivity index (χ3v) is 3.77. The zero-order chi connectivity index (χ0) is 14.8. The van der Waals surface area contributed by atoms with Gasteiger partial charge in [-0.1, -0.05) is 0 Å². The Morgan fingerprint density at radius 1 is 1.50 bits per heavy atom. The lowest BCUT2D eigenvalue weighted by Crippen LogP contribution is -2.45. The third-order valence-electron chi connectivity index (χ3n) is 3.77. The van der Waals surface area contributed by atoms with Crippen LogP contribution in [0.15, 0.2) is 12.3 Å². The Balaban J connectivity index is 2.17. The molecule has 5 heteroatoms. The highest BCUT2D eigenvalue weighted by atomic mass is 16.3. The van der Waals surface area contributed by atoms with E-state index in [2.05, 4.69) is 10.3 Å². The molecule has 20 heavy (non-hydrogen) atoms. The first-order chi connectivity index (χ1) is 9.43. The summed E-state index contributed by atoms with van der Waals surface area (Å²) in [6.45, 7) is 7.68. The van der Waals surface area contributed by atoms with Crippen molar-refractivity contribution in [2.75, 3.05) is 25.0 Å². The van der Waals surface area contributed by atoms with Crippen molar-refractivity contribution in [3.8, 4) is 0 Å². The number of nitrogens with one attached hydrogen (secondary N) is 1. The number of pyridine rings is 1. The van der Waals surface area contributed by atoms with Crippen LogP contribution >= 0.6 is 0 Å². The van der Waals surface area contributed by atoms with E-state index < -0.39 is 5.60 Å². The maximum absolute atomic E-state index is 12.6. The molecule has 1 aliphatic rings. The minimum atomic E-state index is -0.646. The Labute approximate surface area is 120 Å². The van der Waals surface area contributed by atoms with Crippen molar-refractivity contribution in [3.05, 3.63) is 23.5 Å². The van der Waals surface area contributed by atoms with Crippen LogP contribution in [0.5, 0.6) is 0 Å². The fourth-order valence-electron chi connectivity index (χ4n) is 2.43. The van der Waals surface area contributed by atoms with E-state index in [-0.39, 0.29) is 5.91 Å². The molecule has 0 bridgehead atoms. The highest BCUT2D eigenvalue weighted by Gasteiger charge is 2.30. The van der Waals surface area contributed by atoms with Crippen molar-refractivity contribution in [2.24, 2.45) is 0 Å². The van der Waals surface area contributed by atoms with Gasteiger partial charge in [0.1, 0.15) is 0 Å². The van der Waals surface area contributed by atoms with Crippen molar-refractivity contribution >= 4 is 11.6 Å². The van der Waals surface area contributed by atoms with Gasteiger partial charge in [-0.3, -0.25) is 9.78 Å². The summed E-state index contributed by atoms with van der Waals surface area (Å²) in [7, 11) is 0. The van der Waals surface area contributed by atoms with E-state index in [4.69, 9.17) is 0 Å². The molecule has 1 aromatic rings. The molecule has 0 unspecified atom stereocenters. The standard InChI is InChI=1S/C15H23N3O2/c1-4-16-13-9-11(2)17-10-12(13)14(19)18-7-5-15(3,20)6-8-18/h9-10,20H,4-8H2,1-3H3,(H,16,17). The highest BCUT2D eigenvalue weighted by Crippen LogP contribution is 2.24. The monoisotopic (exact) mass is 277 g/mol. The smallest absolute Gasteiger partial charge is 0.257 e. The van der Waals surface area contributed by atoms with Gasteiger partial charge in [0, 0.05) is 31.5 Å². The molecule has 0 saturated carbocycles. The largest absolute Gasteiger partial charge is 0.390 e. The molecule has 1 aromatic heterocycles. The molecule has 1 fully saturated rings. The summed E-state index contributed by atoms with van der Waals surface area (Å²) in [5, 5.41) is 13.2. The van der Waals surface area contributed by atoms with Crippen molar-refractivity contribution in [1.82, 2.24) is 9.88 Å². The molecule has 0 aliphatic carbocycles. The maximum Gasteiger partial charge on any atom is 0.257 e. The normalized spacial score (nSPS) is 17.9. The lowest BCUT2D eigenvalue weighted by molar-refractivity contribution is -0.00200. The fourth-order valence-corrected chi connectivity index (χ4v) is 2.43. The van der Waals surface area contributed by atoms with Crippen molar-refractivity contribution < 1.29 is 9.90 Å². The van der Waals surface area contributed by atoms with Crippen LogP contribution in [0.2, 0.25) is 0 Å². The number of carbonyl (C=O) groups excluding carboxylic acids is 1. The molecular weight excluding hydrogens is 254 g/mol. The summed E-state index contributed by atoms with van der Waals surface area (Å²) in [6.07, 6.45) is 2.88. The summed E-state index contributed by atoms with van der Waals surface area (Å²) in [6, 6.07) is 1.90.